The Morgan fingerprint density at radius 1 is 1.05 bits per heavy atom. The Bertz CT molecular complexity index is 753. The predicted octanol–water partition coefficient (Wildman–Crippen LogP) is 3.37. The van der Waals surface area contributed by atoms with E-state index in [0.717, 1.165) is 0 Å². The molecule has 0 atom stereocenters. The topological polar surface area (TPSA) is 82.8 Å². The van der Waals surface area contributed by atoms with Crippen molar-refractivity contribution in [3.8, 4) is 23.0 Å². The minimum Gasteiger partial charge on any atom is -0.508 e. The number of hydrogen-bond donors (Lipinski definition) is 3. The summed E-state index contributed by atoms with van der Waals surface area (Å²) < 4.78 is 10.6. The van der Waals surface area contributed by atoms with E-state index in [9.17, 15) is 10.2 Å². The zero-order chi connectivity index (χ0) is 15.9. The third-order valence-electron chi connectivity index (χ3n) is 3.70. The van der Waals surface area contributed by atoms with Gasteiger partial charge in [-0.1, -0.05) is 13.8 Å². The molecule has 1 aliphatic heterocycles. The standard InChI is InChI=1S/C17H17NO4/c1-9(2)11-6-12(14(20)7-13(11)19)17(18)10-3-4-15-16(5-10)22-8-21-15/h3-7,9,18-20H,8H2,1-2H3. The molecule has 2 aromatic rings. The molecule has 0 fully saturated rings. The first-order valence-electron chi connectivity index (χ1n) is 7.02. The molecule has 0 radical (unpaired) electrons. The number of rotatable bonds is 3. The SMILES string of the molecule is CC(C)c1cc(C(=N)c2ccc3c(c2)OCO3)c(O)cc1O. The average molecular weight is 299 g/mol. The lowest BCUT2D eigenvalue weighted by Crippen LogP contribution is -2.03. The van der Waals surface area contributed by atoms with E-state index < -0.39 is 0 Å². The maximum absolute atomic E-state index is 10.1. The predicted molar refractivity (Wildman–Crippen MR) is 82.4 cm³/mol. The van der Waals surface area contributed by atoms with E-state index in [0.29, 0.717) is 28.2 Å². The summed E-state index contributed by atoms with van der Waals surface area (Å²) >= 11 is 0. The molecule has 0 amide bonds. The number of aromatic hydroxyl groups is 2. The molecule has 0 aliphatic carbocycles. The number of phenolic OH excluding ortho intramolecular Hbond substituents is 2. The summed E-state index contributed by atoms with van der Waals surface area (Å²) in [4.78, 5) is 0. The van der Waals surface area contributed by atoms with Gasteiger partial charge in [-0.25, -0.2) is 0 Å². The van der Waals surface area contributed by atoms with E-state index >= 15 is 0 Å². The van der Waals surface area contributed by atoms with Crippen LogP contribution in [0.1, 0.15) is 36.5 Å². The van der Waals surface area contributed by atoms with Gasteiger partial charge < -0.3 is 19.7 Å². The summed E-state index contributed by atoms with van der Waals surface area (Å²) in [6.45, 7) is 4.06. The zero-order valence-electron chi connectivity index (χ0n) is 12.4. The number of phenols is 2. The van der Waals surface area contributed by atoms with E-state index in [-0.39, 0.29) is 29.9 Å². The Morgan fingerprint density at radius 2 is 1.77 bits per heavy atom. The van der Waals surface area contributed by atoms with Crippen molar-refractivity contribution in [2.75, 3.05) is 6.79 Å². The van der Waals surface area contributed by atoms with Crippen LogP contribution in [0.25, 0.3) is 0 Å². The Balaban J connectivity index is 2.03. The molecule has 5 heteroatoms. The van der Waals surface area contributed by atoms with Crippen molar-refractivity contribution in [3.05, 3.63) is 47.0 Å². The minimum atomic E-state index is -0.121. The molecule has 0 saturated carbocycles. The Morgan fingerprint density at radius 3 is 2.50 bits per heavy atom. The number of hydrogen-bond acceptors (Lipinski definition) is 5. The molecular weight excluding hydrogens is 282 g/mol. The van der Waals surface area contributed by atoms with E-state index in [1.807, 2.05) is 13.8 Å². The van der Waals surface area contributed by atoms with E-state index in [1.165, 1.54) is 6.07 Å². The third-order valence-corrected chi connectivity index (χ3v) is 3.70. The molecule has 0 aromatic heterocycles. The highest BCUT2D eigenvalue weighted by Gasteiger charge is 2.19. The molecule has 114 valence electrons. The van der Waals surface area contributed by atoms with Gasteiger partial charge in [0.2, 0.25) is 6.79 Å². The van der Waals surface area contributed by atoms with E-state index in [2.05, 4.69) is 0 Å². The van der Waals surface area contributed by atoms with Gasteiger partial charge >= 0.3 is 0 Å². The molecule has 0 saturated heterocycles. The molecule has 0 bridgehead atoms. The van der Waals surface area contributed by atoms with Crippen molar-refractivity contribution in [2.45, 2.75) is 19.8 Å². The van der Waals surface area contributed by atoms with Gasteiger partial charge in [-0.05, 0) is 35.7 Å². The fourth-order valence-corrected chi connectivity index (χ4v) is 2.46. The van der Waals surface area contributed by atoms with Crippen LogP contribution >= 0.6 is 0 Å². The lowest BCUT2D eigenvalue weighted by Gasteiger charge is -2.13. The molecule has 2 aromatic carbocycles. The smallest absolute Gasteiger partial charge is 0.231 e. The van der Waals surface area contributed by atoms with Crippen LogP contribution in [-0.2, 0) is 0 Å². The Hall–Kier alpha value is -2.69. The summed E-state index contributed by atoms with van der Waals surface area (Å²) in [6.07, 6.45) is 0. The Kier molecular flexibility index (Phi) is 3.41. The third kappa shape index (κ3) is 2.35. The van der Waals surface area contributed by atoms with Crippen LogP contribution in [0, 0.1) is 5.41 Å². The van der Waals surface area contributed by atoms with Gasteiger partial charge in [-0.3, -0.25) is 5.41 Å². The molecule has 1 aliphatic rings. The van der Waals surface area contributed by atoms with Crippen molar-refractivity contribution in [1.82, 2.24) is 0 Å². The van der Waals surface area contributed by atoms with Crippen LogP contribution in [0.3, 0.4) is 0 Å². The van der Waals surface area contributed by atoms with Gasteiger partial charge in [0.25, 0.3) is 0 Å². The van der Waals surface area contributed by atoms with E-state index in [1.54, 1.807) is 24.3 Å². The molecule has 3 rings (SSSR count). The molecule has 1 heterocycles. The lowest BCUT2D eigenvalue weighted by molar-refractivity contribution is 0.174. The van der Waals surface area contributed by atoms with Gasteiger partial charge in [0.15, 0.2) is 11.5 Å². The van der Waals surface area contributed by atoms with Crippen LogP contribution in [0.15, 0.2) is 30.3 Å². The first kappa shape index (κ1) is 14.3. The quantitative estimate of drug-likeness (QED) is 0.759. The highest BCUT2D eigenvalue weighted by atomic mass is 16.7. The first-order chi connectivity index (χ1) is 10.5. The molecule has 0 unspecified atom stereocenters. The van der Waals surface area contributed by atoms with Crippen molar-refractivity contribution >= 4 is 5.71 Å². The molecule has 0 spiro atoms. The van der Waals surface area contributed by atoms with E-state index in [4.69, 9.17) is 14.9 Å². The fourth-order valence-electron chi connectivity index (χ4n) is 2.46. The van der Waals surface area contributed by atoms with Crippen LogP contribution < -0.4 is 9.47 Å². The molecular formula is C17H17NO4. The van der Waals surface area contributed by atoms with Crippen LogP contribution in [0.2, 0.25) is 0 Å². The Labute approximate surface area is 128 Å². The second-order valence-corrected chi connectivity index (χ2v) is 5.53. The molecule has 22 heavy (non-hydrogen) atoms. The van der Waals surface area contributed by atoms with Gasteiger partial charge in [0, 0.05) is 17.2 Å². The zero-order valence-corrected chi connectivity index (χ0v) is 12.4. The normalized spacial score (nSPS) is 12.7. The highest BCUT2D eigenvalue weighted by Crippen LogP contribution is 2.36. The second-order valence-electron chi connectivity index (χ2n) is 5.53. The summed E-state index contributed by atoms with van der Waals surface area (Å²) in [6, 6.07) is 8.14. The van der Waals surface area contributed by atoms with Crippen LogP contribution in [0.5, 0.6) is 23.0 Å². The van der Waals surface area contributed by atoms with Gasteiger partial charge in [-0.2, -0.15) is 0 Å². The number of benzene rings is 2. The van der Waals surface area contributed by atoms with Crippen molar-refractivity contribution < 1.29 is 19.7 Å². The molecule has 5 nitrogen and oxygen atoms in total. The lowest BCUT2D eigenvalue weighted by atomic mass is 9.94. The summed E-state index contributed by atoms with van der Waals surface area (Å²) in [7, 11) is 0. The largest absolute Gasteiger partial charge is 0.508 e. The van der Waals surface area contributed by atoms with Crippen LogP contribution in [-0.4, -0.2) is 22.7 Å². The van der Waals surface area contributed by atoms with Crippen molar-refractivity contribution in [1.29, 1.82) is 5.41 Å². The highest BCUT2D eigenvalue weighted by molar-refractivity contribution is 6.13. The summed E-state index contributed by atoms with van der Waals surface area (Å²) in [5.41, 5.74) is 1.84. The number of nitrogens with one attached hydrogen (secondary N) is 1. The minimum absolute atomic E-state index is 0.0368. The summed E-state index contributed by atoms with van der Waals surface area (Å²) in [5.74, 6) is 1.24. The first-order valence-corrected chi connectivity index (χ1v) is 7.02. The average Bonchev–Trinajstić information content (AvgIpc) is 2.93. The van der Waals surface area contributed by atoms with Crippen LogP contribution in [0.4, 0.5) is 0 Å². The maximum atomic E-state index is 10.1. The monoisotopic (exact) mass is 299 g/mol. The number of ether oxygens (including phenoxy) is 2. The van der Waals surface area contributed by atoms with Crippen molar-refractivity contribution in [3.63, 3.8) is 0 Å². The maximum Gasteiger partial charge on any atom is 0.231 e. The van der Waals surface area contributed by atoms with Gasteiger partial charge in [-0.15, -0.1) is 0 Å². The van der Waals surface area contributed by atoms with Crippen molar-refractivity contribution in [2.24, 2.45) is 0 Å². The fraction of sp³-hybridized carbons (Fsp3) is 0.235. The second kappa shape index (κ2) is 5.26. The summed E-state index contributed by atoms with van der Waals surface area (Å²) in [5, 5.41) is 28.3. The number of fused-ring (bicyclic) bond motifs is 1. The van der Waals surface area contributed by atoms with Gasteiger partial charge in [0.1, 0.15) is 11.5 Å². The molecule has 3 N–H and O–H groups in total. The van der Waals surface area contributed by atoms with Gasteiger partial charge in [0.05, 0.1) is 5.71 Å².